The molecule has 0 aliphatic heterocycles. The predicted molar refractivity (Wildman–Crippen MR) is 109 cm³/mol. The van der Waals surface area contributed by atoms with E-state index in [9.17, 15) is 5.11 Å². The van der Waals surface area contributed by atoms with Crippen molar-refractivity contribution in [1.82, 2.24) is 15.0 Å². The summed E-state index contributed by atoms with van der Waals surface area (Å²) in [6, 6.07) is 19.6. The average molecular weight is 361 g/mol. The third-order valence-corrected chi connectivity index (χ3v) is 4.78. The van der Waals surface area contributed by atoms with E-state index >= 15 is 0 Å². The van der Waals surface area contributed by atoms with Crippen LogP contribution in [-0.2, 0) is 4.65 Å². The minimum absolute atomic E-state index is 0.180. The average Bonchev–Trinajstić information content (AvgIpc) is 2.67. The number of hydrogen-bond donors (Lipinski definition) is 1. The van der Waals surface area contributed by atoms with Gasteiger partial charge in [0, 0.05) is 11.1 Å². The van der Waals surface area contributed by atoms with E-state index in [1.165, 1.54) is 0 Å². The Morgan fingerprint density at radius 3 is 1.59 bits per heavy atom. The number of hydrogen-bond acceptors (Lipinski definition) is 5. The summed E-state index contributed by atoms with van der Waals surface area (Å²) >= 11 is 0. The quantitative estimate of drug-likeness (QED) is 0.684. The molecule has 0 saturated carbocycles. The van der Waals surface area contributed by atoms with Gasteiger partial charge in [0.15, 0.2) is 11.6 Å². The second-order valence-corrected chi connectivity index (χ2v) is 7.49. The second kappa shape index (κ2) is 7.58. The summed E-state index contributed by atoms with van der Waals surface area (Å²) in [5.41, 5.74) is 0.615. The van der Waals surface area contributed by atoms with E-state index < -0.39 is 11.2 Å². The van der Waals surface area contributed by atoms with Crippen molar-refractivity contribution in [2.75, 3.05) is 0 Å². The molecule has 3 aromatic rings. The van der Waals surface area contributed by atoms with Crippen LogP contribution in [0.3, 0.4) is 0 Å². The van der Waals surface area contributed by atoms with Crippen LogP contribution < -0.4 is 5.72 Å². The molecule has 0 fully saturated rings. The lowest BCUT2D eigenvalue weighted by Gasteiger charge is -2.37. The van der Waals surface area contributed by atoms with E-state index in [4.69, 9.17) is 4.65 Å². The summed E-state index contributed by atoms with van der Waals surface area (Å²) in [4.78, 5) is 13.8. The third kappa shape index (κ3) is 4.59. The molecule has 1 heterocycles. The van der Waals surface area contributed by atoms with E-state index in [1.807, 2.05) is 74.5 Å². The van der Waals surface area contributed by atoms with Gasteiger partial charge in [0.05, 0.1) is 11.2 Å². The van der Waals surface area contributed by atoms with Gasteiger partial charge in [-0.2, -0.15) is 0 Å². The lowest BCUT2D eigenvalue weighted by Crippen LogP contribution is -2.49. The van der Waals surface area contributed by atoms with Crippen molar-refractivity contribution in [3.63, 3.8) is 0 Å². The third-order valence-electron chi connectivity index (χ3n) is 4.78. The molecule has 0 atom stereocenters. The van der Waals surface area contributed by atoms with Crippen LogP contribution in [-0.4, -0.2) is 38.7 Å². The SMILES string of the molecule is CC(C)(O)C(C)(C)OBc1nc(-c2ccccc2)nc(-c2ccccc2)n1. The molecule has 0 saturated heterocycles. The predicted octanol–water partition coefficient (Wildman–Crippen LogP) is 2.75. The Bertz CT molecular complexity index is 837. The molecule has 5 nitrogen and oxygen atoms in total. The summed E-state index contributed by atoms with van der Waals surface area (Å²) in [6.45, 7) is 7.16. The zero-order chi connectivity index (χ0) is 19.5. The Balaban J connectivity index is 1.98. The van der Waals surface area contributed by atoms with E-state index in [0.29, 0.717) is 17.4 Å². The zero-order valence-electron chi connectivity index (χ0n) is 16.2. The Hall–Kier alpha value is -2.57. The molecule has 0 bridgehead atoms. The molecule has 138 valence electrons. The van der Waals surface area contributed by atoms with Crippen molar-refractivity contribution >= 4 is 13.2 Å². The number of aromatic nitrogens is 3. The molecule has 0 spiro atoms. The van der Waals surface area contributed by atoms with Crippen LogP contribution in [0.1, 0.15) is 27.7 Å². The number of benzene rings is 2. The van der Waals surface area contributed by atoms with Crippen LogP contribution in [0, 0.1) is 0 Å². The van der Waals surface area contributed by atoms with Gasteiger partial charge in [-0.15, -0.1) is 0 Å². The molecule has 0 radical (unpaired) electrons. The van der Waals surface area contributed by atoms with Gasteiger partial charge in [0.1, 0.15) is 5.72 Å². The van der Waals surface area contributed by atoms with Crippen molar-refractivity contribution in [3.8, 4) is 22.8 Å². The monoisotopic (exact) mass is 361 g/mol. The molecule has 6 heteroatoms. The highest BCUT2D eigenvalue weighted by atomic mass is 16.5. The van der Waals surface area contributed by atoms with Gasteiger partial charge < -0.3 is 9.76 Å². The smallest absolute Gasteiger partial charge is 0.353 e. The van der Waals surface area contributed by atoms with Gasteiger partial charge in [-0.05, 0) is 27.7 Å². The first-order valence-electron chi connectivity index (χ1n) is 8.98. The topological polar surface area (TPSA) is 68.1 Å². The normalized spacial score (nSPS) is 12.0. The maximum Gasteiger partial charge on any atom is 0.353 e. The first kappa shape index (κ1) is 19.2. The lowest BCUT2D eigenvalue weighted by molar-refractivity contribution is -0.0894. The molecule has 1 aromatic heterocycles. The van der Waals surface area contributed by atoms with Gasteiger partial charge >= 0.3 is 7.48 Å². The number of rotatable bonds is 6. The molecule has 0 amide bonds. The van der Waals surface area contributed by atoms with E-state index in [0.717, 1.165) is 11.1 Å². The Morgan fingerprint density at radius 2 is 1.19 bits per heavy atom. The van der Waals surface area contributed by atoms with E-state index in [-0.39, 0.29) is 7.48 Å². The summed E-state index contributed by atoms with van der Waals surface area (Å²) < 4.78 is 5.96. The van der Waals surface area contributed by atoms with Crippen molar-refractivity contribution in [1.29, 1.82) is 0 Å². The van der Waals surface area contributed by atoms with Gasteiger partial charge in [-0.25, -0.2) is 15.0 Å². The highest BCUT2D eigenvalue weighted by Crippen LogP contribution is 2.24. The highest BCUT2D eigenvalue weighted by molar-refractivity contribution is 6.44. The van der Waals surface area contributed by atoms with E-state index in [1.54, 1.807) is 13.8 Å². The first-order valence-corrected chi connectivity index (χ1v) is 8.98. The number of aliphatic hydroxyl groups is 1. The van der Waals surface area contributed by atoms with Crippen LogP contribution in [0.4, 0.5) is 0 Å². The van der Waals surface area contributed by atoms with Crippen molar-refractivity contribution < 1.29 is 9.76 Å². The van der Waals surface area contributed by atoms with Crippen molar-refractivity contribution in [2.24, 2.45) is 0 Å². The molecular weight excluding hydrogens is 337 g/mol. The van der Waals surface area contributed by atoms with Crippen LogP contribution in [0.2, 0.25) is 0 Å². The largest absolute Gasteiger partial charge is 0.423 e. The molecule has 2 aromatic carbocycles. The van der Waals surface area contributed by atoms with Gasteiger partial charge in [0.2, 0.25) is 0 Å². The Kier molecular flexibility index (Phi) is 5.39. The second-order valence-electron chi connectivity index (χ2n) is 7.49. The van der Waals surface area contributed by atoms with Crippen LogP contribution in [0.5, 0.6) is 0 Å². The van der Waals surface area contributed by atoms with Gasteiger partial charge in [0.25, 0.3) is 0 Å². The molecule has 0 unspecified atom stereocenters. The fourth-order valence-electron chi connectivity index (χ4n) is 2.34. The maximum absolute atomic E-state index is 10.3. The standard InChI is InChI=1S/C21H24BN3O2/c1-20(2,26)21(3,4)27-22-19-24-17(15-11-7-5-8-12-15)23-18(25-19)16-13-9-6-10-14-16/h5-14,22,26H,1-4H3. The van der Waals surface area contributed by atoms with Crippen molar-refractivity contribution in [2.45, 2.75) is 38.9 Å². The van der Waals surface area contributed by atoms with Crippen LogP contribution >= 0.6 is 0 Å². The minimum atomic E-state index is -0.995. The van der Waals surface area contributed by atoms with E-state index in [2.05, 4.69) is 15.0 Å². The summed E-state index contributed by atoms with van der Waals surface area (Å²) in [5, 5.41) is 10.3. The Labute approximate surface area is 160 Å². The lowest BCUT2D eigenvalue weighted by atomic mass is 9.86. The van der Waals surface area contributed by atoms with Gasteiger partial charge in [-0.3, -0.25) is 0 Å². The molecule has 0 aliphatic rings. The molecular formula is C21H24BN3O2. The molecule has 1 N–H and O–H groups in total. The molecule has 0 aliphatic carbocycles. The van der Waals surface area contributed by atoms with Crippen molar-refractivity contribution in [3.05, 3.63) is 60.7 Å². The van der Waals surface area contributed by atoms with Crippen LogP contribution in [0.25, 0.3) is 22.8 Å². The summed E-state index contributed by atoms with van der Waals surface area (Å²) in [6.07, 6.45) is 0. The minimum Gasteiger partial charge on any atom is -0.423 e. The summed E-state index contributed by atoms with van der Waals surface area (Å²) in [7, 11) is 0.180. The van der Waals surface area contributed by atoms with Gasteiger partial charge in [-0.1, -0.05) is 60.7 Å². The number of nitrogens with zero attached hydrogens (tertiary/aromatic N) is 3. The summed E-state index contributed by atoms with van der Waals surface area (Å²) in [5.74, 6) is 1.20. The molecule has 3 rings (SSSR count). The fraction of sp³-hybridized carbons (Fsp3) is 0.286. The maximum atomic E-state index is 10.3. The molecule has 27 heavy (non-hydrogen) atoms. The first-order chi connectivity index (χ1) is 12.8. The van der Waals surface area contributed by atoms with Crippen LogP contribution in [0.15, 0.2) is 60.7 Å². The zero-order valence-corrected chi connectivity index (χ0v) is 16.2. The Morgan fingerprint density at radius 1 is 0.741 bits per heavy atom. The fourth-order valence-corrected chi connectivity index (χ4v) is 2.34. The highest BCUT2D eigenvalue weighted by Gasteiger charge is 2.36.